The van der Waals surface area contributed by atoms with E-state index in [1.165, 1.54) is 6.07 Å². The maximum Gasteiger partial charge on any atom is 0.128 e. The average Bonchev–Trinajstić information content (AvgIpc) is 2.53. The minimum Gasteiger partial charge on any atom is -0.490 e. The van der Waals surface area contributed by atoms with Crippen LogP contribution in [0.4, 0.5) is 4.39 Å². The Bertz CT molecular complexity index is 617. The summed E-state index contributed by atoms with van der Waals surface area (Å²) in [5.41, 5.74) is 1.64. The van der Waals surface area contributed by atoms with Gasteiger partial charge >= 0.3 is 0 Å². The van der Waals surface area contributed by atoms with E-state index in [-0.39, 0.29) is 24.6 Å². The number of benzene rings is 2. The van der Waals surface area contributed by atoms with Crippen molar-refractivity contribution in [3.05, 3.63) is 65.5 Å². The van der Waals surface area contributed by atoms with Crippen molar-refractivity contribution in [3.8, 4) is 5.75 Å². The first-order valence-corrected chi connectivity index (χ1v) is 7.03. The smallest absolute Gasteiger partial charge is 0.128 e. The molecule has 1 heterocycles. The molecule has 0 amide bonds. The minimum absolute atomic E-state index is 0.0433. The van der Waals surface area contributed by atoms with Gasteiger partial charge in [-0.05, 0) is 19.2 Å². The highest BCUT2D eigenvalue weighted by atomic mass is 19.1. The molecule has 21 heavy (non-hydrogen) atoms. The van der Waals surface area contributed by atoms with E-state index >= 15 is 0 Å². The van der Waals surface area contributed by atoms with Gasteiger partial charge in [0.2, 0.25) is 0 Å². The summed E-state index contributed by atoms with van der Waals surface area (Å²) in [5, 5.41) is 3.26. The molecule has 0 fully saturated rings. The molecule has 0 aromatic heterocycles. The van der Waals surface area contributed by atoms with Gasteiger partial charge in [0, 0.05) is 11.1 Å². The third-order valence-electron chi connectivity index (χ3n) is 3.75. The molecule has 2 atom stereocenters. The van der Waals surface area contributed by atoms with Crippen LogP contribution in [-0.4, -0.2) is 19.8 Å². The van der Waals surface area contributed by atoms with Crippen LogP contribution < -0.4 is 10.1 Å². The molecule has 110 valence electrons. The van der Waals surface area contributed by atoms with Gasteiger partial charge in [0.1, 0.15) is 24.3 Å². The lowest BCUT2D eigenvalue weighted by Gasteiger charge is -2.33. The van der Waals surface area contributed by atoms with Crippen LogP contribution in [0, 0.1) is 5.82 Å². The molecule has 0 aliphatic carbocycles. The van der Waals surface area contributed by atoms with Crippen molar-refractivity contribution >= 4 is 0 Å². The molecule has 0 bridgehead atoms. The summed E-state index contributed by atoms with van der Waals surface area (Å²) in [5.74, 6) is 0.637. The fraction of sp³-hybridized carbons (Fsp3) is 0.294. The zero-order valence-corrected chi connectivity index (χ0v) is 11.9. The van der Waals surface area contributed by atoms with E-state index in [2.05, 4.69) is 5.32 Å². The van der Waals surface area contributed by atoms with Gasteiger partial charge in [0.05, 0.1) is 12.6 Å². The topological polar surface area (TPSA) is 30.5 Å². The Kier molecular flexibility index (Phi) is 4.18. The van der Waals surface area contributed by atoms with E-state index < -0.39 is 0 Å². The summed E-state index contributed by atoms with van der Waals surface area (Å²) in [6.07, 6.45) is -0.149. The molecule has 2 unspecified atom stereocenters. The molecule has 3 nitrogen and oxygen atoms in total. The molecular weight excluding hydrogens is 269 g/mol. The van der Waals surface area contributed by atoms with Crippen molar-refractivity contribution in [2.24, 2.45) is 0 Å². The van der Waals surface area contributed by atoms with Crippen LogP contribution in [0.2, 0.25) is 0 Å². The monoisotopic (exact) mass is 287 g/mol. The highest BCUT2D eigenvalue weighted by Gasteiger charge is 2.30. The van der Waals surface area contributed by atoms with Gasteiger partial charge in [-0.2, -0.15) is 0 Å². The number of ether oxygens (including phenoxy) is 2. The van der Waals surface area contributed by atoms with Crippen molar-refractivity contribution in [1.82, 2.24) is 5.32 Å². The second-order valence-corrected chi connectivity index (χ2v) is 5.06. The fourth-order valence-corrected chi connectivity index (χ4v) is 2.64. The Morgan fingerprint density at radius 1 is 1.19 bits per heavy atom. The third-order valence-corrected chi connectivity index (χ3v) is 3.75. The maximum absolute atomic E-state index is 13.6. The van der Waals surface area contributed by atoms with Gasteiger partial charge in [-0.15, -0.1) is 0 Å². The molecule has 1 aliphatic heterocycles. The Labute approximate surface area is 123 Å². The summed E-state index contributed by atoms with van der Waals surface area (Å²) in [6, 6.07) is 14.6. The molecule has 1 aliphatic rings. The Hall–Kier alpha value is -1.91. The predicted molar refractivity (Wildman–Crippen MR) is 78.7 cm³/mol. The number of hydrogen-bond acceptors (Lipinski definition) is 3. The van der Waals surface area contributed by atoms with E-state index in [0.717, 1.165) is 11.3 Å². The van der Waals surface area contributed by atoms with Gasteiger partial charge in [-0.3, -0.25) is 0 Å². The second-order valence-electron chi connectivity index (χ2n) is 5.06. The fourth-order valence-electron chi connectivity index (χ4n) is 2.64. The van der Waals surface area contributed by atoms with Gasteiger partial charge < -0.3 is 14.8 Å². The number of halogens is 1. The number of likely N-dealkylation sites (N-methyl/N-ethyl adjacent to an activating group) is 1. The van der Waals surface area contributed by atoms with Crippen LogP contribution in [-0.2, 0) is 11.3 Å². The Morgan fingerprint density at radius 2 is 1.95 bits per heavy atom. The molecule has 3 rings (SSSR count). The van der Waals surface area contributed by atoms with Crippen LogP contribution in [0.5, 0.6) is 5.75 Å². The zero-order chi connectivity index (χ0) is 14.7. The van der Waals surface area contributed by atoms with E-state index in [4.69, 9.17) is 9.47 Å². The summed E-state index contributed by atoms with van der Waals surface area (Å²) in [4.78, 5) is 0. The predicted octanol–water partition coefficient (Wildman–Crippen LogP) is 3.06. The van der Waals surface area contributed by atoms with Crippen molar-refractivity contribution in [2.45, 2.75) is 18.8 Å². The summed E-state index contributed by atoms with van der Waals surface area (Å²) in [6.45, 7) is 0.692. The van der Waals surface area contributed by atoms with Gasteiger partial charge in [-0.25, -0.2) is 4.39 Å². The number of para-hydroxylation sites is 1. The average molecular weight is 287 g/mol. The lowest BCUT2D eigenvalue weighted by atomic mass is 9.98. The summed E-state index contributed by atoms with van der Waals surface area (Å²) >= 11 is 0. The first-order chi connectivity index (χ1) is 10.3. The van der Waals surface area contributed by atoms with Gasteiger partial charge in [0.25, 0.3) is 0 Å². The van der Waals surface area contributed by atoms with Crippen LogP contribution in [0.1, 0.15) is 17.2 Å². The van der Waals surface area contributed by atoms with Crippen LogP contribution in [0.15, 0.2) is 48.5 Å². The first kappa shape index (κ1) is 14.0. The van der Waals surface area contributed by atoms with E-state index in [0.29, 0.717) is 12.2 Å². The second kappa shape index (κ2) is 6.24. The highest BCUT2D eigenvalue weighted by molar-refractivity contribution is 5.38. The zero-order valence-electron chi connectivity index (χ0n) is 11.9. The molecule has 2 aromatic carbocycles. The summed E-state index contributed by atoms with van der Waals surface area (Å²) in [7, 11) is 1.90. The molecule has 0 saturated heterocycles. The Morgan fingerprint density at radius 3 is 2.76 bits per heavy atom. The number of fused-ring (bicyclic) bond motifs is 1. The summed E-state index contributed by atoms with van der Waals surface area (Å²) < 4.78 is 25.2. The van der Waals surface area contributed by atoms with Crippen molar-refractivity contribution in [3.63, 3.8) is 0 Å². The SMILES string of the molecule is CNC1c2ccccc2OCC1OCc1ccccc1F. The van der Waals surface area contributed by atoms with Crippen molar-refractivity contribution < 1.29 is 13.9 Å². The number of hydrogen-bond donors (Lipinski definition) is 1. The molecule has 4 heteroatoms. The van der Waals surface area contributed by atoms with Crippen molar-refractivity contribution in [2.75, 3.05) is 13.7 Å². The van der Waals surface area contributed by atoms with Crippen LogP contribution in [0.25, 0.3) is 0 Å². The van der Waals surface area contributed by atoms with E-state index in [1.807, 2.05) is 37.4 Å². The van der Waals surface area contributed by atoms with E-state index in [1.54, 1.807) is 12.1 Å². The quantitative estimate of drug-likeness (QED) is 0.937. The molecule has 1 N–H and O–H groups in total. The lowest BCUT2D eigenvalue weighted by molar-refractivity contribution is -0.0243. The van der Waals surface area contributed by atoms with Crippen molar-refractivity contribution in [1.29, 1.82) is 0 Å². The van der Waals surface area contributed by atoms with Crippen LogP contribution >= 0.6 is 0 Å². The number of rotatable bonds is 4. The van der Waals surface area contributed by atoms with Crippen LogP contribution in [0.3, 0.4) is 0 Å². The highest BCUT2D eigenvalue weighted by Crippen LogP contribution is 2.33. The maximum atomic E-state index is 13.6. The van der Waals surface area contributed by atoms with Gasteiger partial charge in [-0.1, -0.05) is 36.4 Å². The standard InChI is InChI=1S/C17H18FNO2/c1-19-17-13-7-3-5-9-15(13)21-11-16(17)20-10-12-6-2-4-8-14(12)18/h2-9,16-17,19H,10-11H2,1H3. The number of nitrogens with one attached hydrogen (secondary N) is 1. The van der Waals surface area contributed by atoms with Gasteiger partial charge in [0.15, 0.2) is 0 Å². The normalized spacial score (nSPS) is 20.7. The first-order valence-electron chi connectivity index (χ1n) is 7.03. The Balaban J connectivity index is 1.73. The molecule has 0 spiro atoms. The lowest BCUT2D eigenvalue weighted by Crippen LogP contribution is -2.39. The van der Waals surface area contributed by atoms with E-state index in [9.17, 15) is 4.39 Å². The molecule has 0 saturated carbocycles. The third kappa shape index (κ3) is 2.91. The molecule has 2 aromatic rings. The molecular formula is C17H18FNO2. The largest absolute Gasteiger partial charge is 0.490 e. The minimum atomic E-state index is -0.240. The molecule has 0 radical (unpaired) electrons.